The molecule has 128 valence electrons. The smallest absolute Gasteiger partial charge is 0.247 e. The molecule has 1 saturated carbocycles. The molecule has 6 nitrogen and oxygen atoms in total. The highest BCUT2D eigenvalue weighted by Crippen LogP contribution is 2.20. The van der Waals surface area contributed by atoms with Gasteiger partial charge in [0.05, 0.1) is 6.20 Å². The predicted octanol–water partition coefficient (Wildman–Crippen LogP) is 3.08. The Hall–Kier alpha value is -2.24. The molecule has 0 bridgehead atoms. The van der Waals surface area contributed by atoms with Crippen LogP contribution in [0.3, 0.4) is 0 Å². The van der Waals surface area contributed by atoms with E-state index in [1.54, 1.807) is 6.20 Å². The zero-order valence-corrected chi connectivity index (χ0v) is 14.4. The van der Waals surface area contributed by atoms with Crippen LogP contribution in [0.4, 0.5) is 11.8 Å². The van der Waals surface area contributed by atoms with Crippen molar-refractivity contribution in [3.05, 3.63) is 36.3 Å². The lowest BCUT2D eigenvalue weighted by atomic mass is 10.1. The molecule has 2 aromatic rings. The molecule has 2 heterocycles. The first kappa shape index (κ1) is 16.6. The summed E-state index contributed by atoms with van der Waals surface area (Å²) in [7, 11) is 2.01. The SMILES string of the molecule is CN(CCc1ccncc1)c1nncc(NC2CCCCCC2)n1. The third-order valence-corrected chi connectivity index (χ3v) is 4.58. The number of likely N-dealkylation sites (N-methyl/N-ethyl adjacent to an activating group) is 1. The van der Waals surface area contributed by atoms with E-state index in [0.29, 0.717) is 12.0 Å². The number of hydrogen-bond acceptors (Lipinski definition) is 6. The Morgan fingerprint density at radius 2 is 1.88 bits per heavy atom. The maximum atomic E-state index is 4.64. The monoisotopic (exact) mass is 326 g/mol. The van der Waals surface area contributed by atoms with E-state index in [2.05, 4.69) is 25.5 Å². The normalized spacial score (nSPS) is 15.7. The van der Waals surface area contributed by atoms with Gasteiger partial charge in [-0.05, 0) is 37.0 Å². The summed E-state index contributed by atoms with van der Waals surface area (Å²) in [5.41, 5.74) is 1.26. The highest BCUT2D eigenvalue weighted by molar-refractivity contribution is 5.39. The molecule has 3 rings (SSSR count). The van der Waals surface area contributed by atoms with Gasteiger partial charge < -0.3 is 10.2 Å². The molecule has 1 aliphatic rings. The average molecular weight is 326 g/mol. The van der Waals surface area contributed by atoms with Crippen LogP contribution in [0.15, 0.2) is 30.7 Å². The van der Waals surface area contributed by atoms with Gasteiger partial charge in [0.25, 0.3) is 0 Å². The van der Waals surface area contributed by atoms with Crippen LogP contribution in [0.1, 0.15) is 44.1 Å². The zero-order valence-electron chi connectivity index (χ0n) is 14.4. The van der Waals surface area contributed by atoms with Crippen molar-refractivity contribution in [2.24, 2.45) is 0 Å². The topological polar surface area (TPSA) is 66.8 Å². The Kier molecular flexibility index (Phi) is 5.93. The van der Waals surface area contributed by atoms with Crippen molar-refractivity contribution in [1.29, 1.82) is 0 Å². The van der Waals surface area contributed by atoms with Crippen molar-refractivity contribution in [3.63, 3.8) is 0 Å². The number of rotatable bonds is 6. The van der Waals surface area contributed by atoms with Gasteiger partial charge in [-0.15, -0.1) is 5.10 Å². The molecular weight excluding hydrogens is 300 g/mol. The van der Waals surface area contributed by atoms with Crippen LogP contribution < -0.4 is 10.2 Å². The molecule has 24 heavy (non-hydrogen) atoms. The second-order valence-electron chi connectivity index (χ2n) is 6.50. The van der Waals surface area contributed by atoms with E-state index in [1.165, 1.54) is 44.1 Å². The second-order valence-corrected chi connectivity index (χ2v) is 6.50. The Morgan fingerprint density at radius 1 is 1.12 bits per heavy atom. The molecule has 0 spiro atoms. The van der Waals surface area contributed by atoms with Gasteiger partial charge in [0.15, 0.2) is 5.82 Å². The van der Waals surface area contributed by atoms with E-state index in [9.17, 15) is 0 Å². The average Bonchev–Trinajstić information content (AvgIpc) is 2.89. The molecule has 0 atom stereocenters. The first-order chi connectivity index (χ1) is 11.8. The van der Waals surface area contributed by atoms with Crippen molar-refractivity contribution in [1.82, 2.24) is 20.2 Å². The van der Waals surface area contributed by atoms with Gasteiger partial charge in [-0.25, -0.2) is 0 Å². The lowest BCUT2D eigenvalue weighted by Gasteiger charge is -2.19. The van der Waals surface area contributed by atoms with E-state index in [1.807, 2.05) is 36.5 Å². The van der Waals surface area contributed by atoms with Gasteiger partial charge in [0.1, 0.15) is 0 Å². The maximum Gasteiger partial charge on any atom is 0.247 e. The third-order valence-electron chi connectivity index (χ3n) is 4.58. The van der Waals surface area contributed by atoms with Crippen molar-refractivity contribution in [2.75, 3.05) is 23.8 Å². The number of anilines is 2. The molecule has 0 unspecified atom stereocenters. The molecule has 2 aromatic heterocycles. The van der Waals surface area contributed by atoms with Gasteiger partial charge in [0, 0.05) is 32.0 Å². The summed E-state index contributed by atoms with van der Waals surface area (Å²) in [5, 5.41) is 11.8. The summed E-state index contributed by atoms with van der Waals surface area (Å²) in [6, 6.07) is 4.59. The molecule has 0 amide bonds. The number of pyridine rings is 1. The lowest BCUT2D eigenvalue weighted by molar-refractivity contribution is 0.616. The van der Waals surface area contributed by atoms with Crippen LogP contribution in [-0.4, -0.2) is 39.8 Å². The van der Waals surface area contributed by atoms with Crippen molar-refractivity contribution in [3.8, 4) is 0 Å². The van der Waals surface area contributed by atoms with Gasteiger partial charge in [0.2, 0.25) is 5.95 Å². The van der Waals surface area contributed by atoms with Crippen LogP contribution >= 0.6 is 0 Å². The summed E-state index contributed by atoms with van der Waals surface area (Å²) >= 11 is 0. The van der Waals surface area contributed by atoms with Crippen molar-refractivity contribution < 1.29 is 0 Å². The standard InChI is InChI=1S/C18H26N6/c1-24(13-10-15-8-11-19-12-9-15)18-22-17(14-20-23-18)21-16-6-4-2-3-5-7-16/h8-9,11-12,14,16H,2-7,10,13H2,1H3,(H,21,22,23). The number of nitrogens with zero attached hydrogens (tertiary/aromatic N) is 5. The van der Waals surface area contributed by atoms with Gasteiger partial charge in [-0.3, -0.25) is 4.98 Å². The first-order valence-corrected chi connectivity index (χ1v) is 8.87. The van der Waals surface area contributed by atoms with Gasteiger partial charge in [-0.1, -0.05) is 25.7 Å². The molecule has 6 heteroatoms. The molecule has 1 fully saturated rings. The first-order valence-electron chi connectivity index (χ1n) is 8.87. The predicted molar refractivity (Wildman–Crippen MR) is 96.2 cm³/mol. The fourth-order valence-corrected chi connectivity index (χ4v) is 3.10. The molecular formula is C18H26N6. The van der Waals surface area contributed by atoms with Crippen LogP contribution in [0, 0.1) is 0 Å². The molecule has 1 N–H and O–H groups in total. The van der Waals surface area contributed by atoms with Crippen LogP contribution in [0.25, 0.3) is 0 Å². The van der Waals surface area contributed by atoms with Crippen molar-refractivity contribution in [2.45, 2.75) is 51.0 Å². The quantitative estimate of drug-likeness (QED) is 0.823. The van der Waals surface area contributed by atoms with Crippen LogP contribution in [-0.2, 0) is 6.42 Å². The summed E-state index contributed by atoms with van der Waals surface area (Å²) < 4.78 is 0. The van der Waals surface area contributed by atoms with E-state index in [4.69, 9.17) is 0 Å². The minimum atomic E-state index is 0.513. The fraction of sp³-hybridized carbons (Fsp3) is 0.556. The fourth-order valence-electron chi connectivity index (χ4n) is 3.10. The zero-order chi connectivity index (χ0) is 16.6. The lowest BCUT2D eigenvalue weighted by Crippen LogP contribution is -2.24. The van der Waals surface area contributed by atoms with E-state index < -0.39 is 0 Å². The maximum absolute atomic E-state index is 4.64. The summed E-state index contributed by atoms with van der Waals surface area (Å²) in [5.74, 6) is 1.50. The Balaban J connectivity index is 1.57. The van der Waals surface area contributed by atoms with Crippen LogP contribution in [0.2, 0.25) is 0 Å². The molecule has 0 aromatic carbocycles. The third kappa shape index (κ3) is 4.88. The number of hydrogen-bond donors (Lipinski definition) is 1. The van der Waals surface area contributed by atoms with E-state index in [-0.39, 0.29) is 0 Å². The summed E-state index contributed by atoms with van der Waals surface area (Å²) in [6.07, 6.45) is 14.0. The summed E-state index contributed by atoms with van der Waals surface area (Å²) in [4.78, 5) is 10.7. The number of nitrogens with one attached hydrogen (secondary N) is 1. The Bertz CT molecular complexity index is 610. The molecule has 0 saturated heterocycles. The van der Waals surface area contributed by atoms with Crippen molar-refractivity contribution >= 4 is 11.8 Å². The minimum absolute atomic E-state index is 0.513. The Morgan fingerprint density at radius 3 is 2.62 bits per heavy atom. The largest absolute Gasteiger partial charge is 0.366 e. The van der Waals surface area contributed by atoms with Gasteiger partial charge in [-0.2, -0.15) is 10.1 Å². The minimum Gasteiger partial charge on any atom is -0.366 e. The molecule has 1 aliphatic carbocycles. The van der Waals surface area contributed by atoms with Crippen LogP contribution in [0.5, 0.6) is 0 Å². The summed E-state index contributed by atoms with van der Waals surface area (Å²) in [6.45, 7) is 0.846. The second kappa shape index (κ2) is 8.57. The van der Waals surface area contributed by atoms with E-state index in [0.717, 1.165) is 18.8 Å². The highest BCUT2D eigenvalue weighted by Gasteiger charge is 2.14. The highest BCUT2D eigenvalue weighted by atomic mass is 15.3. The molecule has 0 aliphatic heterocycles. The number of aromatic nitrogens is 4. The van der Waals surface area contributed by atoms with Gasteiger partial charge >= 0.3 is 0 Å². The Labute approximate surface area is 143 Å². The van der Waals surface area contributed by atoms with E-state index >= 15 is 0 Å². The molecule has 0 radical (unpaired) electrons.